The highest BCUT2D eigenvalue weighted by Crippen LogP contribution is 2.21. The summed E-state index contributed by atoms with van der Waals surface area (Å²) in [5, 5.41) is 10.1. The zero-order valence-corrected chi connectivity index (χ0v) is 9.92. The van der Waals surface area contributed by atoms with E-state index >= 15 is 0 Å². The average molecular weight is 236 g/mol. The molecule has 1 rings (SSSR count). The molecule has 1 N–H and O–H groups in total. The minimum absolute atomic E-state index is 0.0651. The molecular weight excluding hydrogens is 220 g/mol. The predicted molar refractivity (Wildman–Crippen MR) is 63.5 cm³/mol. The zero-order valence-electron chi connectivity index (χ0n) is 9.92. The van der Waals surface area contributed by atoms with Crippen LogP contribution in [0.1, 0.15) is 12.5 Å². The van der Waals surface area contributed by atoms with Gasteiger partial charge in [0.1, 0.15) is 12.2 Å². The van der Waals surface area contributed by atoms with Crippen LogP contribution in [0.15, 0.2) is 42.5 Å². The van der Waals surface area contributed by atoms with Crippen molar-refractivity contribution in [3.63, 3.8) is 0 Å². The summed E-state index contributed by atoms with van der Waals surface area (Å²) in [6.07, 6.45) is 2.41. The molecule has 0 fully saturated rings. The summed E-state index contributed by atoms with van der Waals surface area (Å²) in [5.74, 6) is 0. The summed E-state index contributed by atoms with van der Waals surface area (Å²) in [7, 11) is 1.24. The van der Waals surface area contributed by atoms with Crippen molar-refractivity contribution in [1.29, 1.82) is 0 Å². The van der Waals surface area contributed by atoms with E-state index in [-0.39, 0.29) is 6.61 Å². The Morgan fingerprint density at radius 1 is 1.41 bits per heavy atom. The van der Waals surface area contributed by atoms with Gasteiger partial charge in [-0.25, -0.2) is 4.79 Å². The molecule has 1 aromatic carbocycles. The summed E-state index contributed by atoms with van der Waals surface area (Å²) in [5.41, 5.74) is -0.310. The lowest BCUT2D eigenvalue weighted by Crippen LogP contribution is -2.17. The van der Waals surface area contributed by atoms with Crippen LogP contribution in [0.3, 0.4) is 0 Å². The van der Waals surface area contributed by atoms with Crippen molar-refractivity contribution in [2.24, 2.45) is 0 Å². The van der Waals surface area contributed by atoms with Crippen molar-refractivity contribution < 1.29 is 19.4 Å². The molecule has 0 heterocycles. The molecule has 0 bridgehead atoms. The second-order valence-corrected chi connectivity index (χ2v) is 3.68. The number of carbonyl (C=O) groups excluding carboxylic acids is 1. The largest absolute Gasteiger partial charge is 0.508 e. The molecule has 1 unspecified atom stereocenters. The average Bonchev–Trinajstić information content (AvgIpc) is 2.35. The Morgan fingerprint density at radius 2 is 2.06 bits per heavy atom. The first kappa shape index (κ1) is 13.3. The number of aliphatic hydroxyl groups is 1. The van der Waals surface area contributed by atoms with Crippen molar-refractivity contribution in [1.82, 2.24) is 0 Å². The Morgan fingerprint density at radius 3 is 2.65 bits per heavy atom. The smallest absolute Gasteiger partial charge is 0.438 e. The van der Waals surface area contributed by atoms with Gasteiger partial charge < -0.3 is 14.6 Å². The summed E-state index contributed by atoms with van der Waals surface area (Å²) in [4.78, 5) is 10.7. The molecule has 1 aromatic rings. The van der Waals surface area contributed by atoms with Gasteiger partial charge in [0.15, 0.2) is 0 Å². The molecular formula is C13H16O4. The van der Waals surface area contributed by atoms with Crippen molar-refractivity contribution in [3.05, 3.63) is 48.0 Å². The number of hydrogen-bond donors (Lipinski definition) is 1. The maximum absolute atomic E-state index is 10.7. The van der Waals surface area contributed by atoms with Crippen LogP contribution in [0.5, 0.6) is 0 Å². The molecule has 0 aliphatic heterocycles. The first-order chi connectivity index (χ1) is 8.06. The first-order valence-corrected chi connectivity index (χ1v) is 5.22. The van der Waals surface area contributed by atoms with Gasteiger partial charge >= 0.3 is 6.16 Å². The fourth-order valence-electron chi connectivity index (χ4n) is 1.32. The highest BCUT2D eigenvalue weighted by Gasteiger charge is 2.18. The van der Waals surface area contributed by atoms with Crippen LogP contribution < -0.4 is 0 Å². The Bertz CT molecular complexity index is 382. The molecule has 4 nitrogen and oxygen atoms in total. The summed E-state index contributed by atoms with van der Waals surface area (Å²) >= 11 is 0. The van der Waals surface area contributed by atoms with Gasteiger partial charge in [-0.15, -0.1) is 0 Å². The van der Waals surface area contributed by atoms with E-state index in [2.05, 4.69) is 9.47 Å². The van der Waals surface area contributed by atoms with Crippen LogP contribution in [-0.4, -0.2) is 25.0 Å². The molecule has 17 heavy (non-hydrogen) atoms. The molecule has 0 aliphatic rings. The summed E-state index contributed by atoms with van der Waals surface area (Å²) in [6.45, 7) is 1.73. The molecule has 0 saturated carbocycles. The second-order valence-electron chi connectivity index (χ2n) is 3.68. The Hall–Kier alpha value is -1.81. The monoisotopic (exact) mass is 236 g/mol. The molecule has 0 radical (unpaired) electrons. The van der Waals surface area contributed by atoms with E-state index in [1.54, 1.807) is 19.1 Å². The van der Waals surface area contributed by atoms with Gasteiger partial charge in [-0.1, -0.05) is 30.3 Å². The van der Waals surface area contributed by atoms with Gasteiger partial charge in [0.25, 0.3) is 0 Å². The third-order valence-corrected chi connectivity index (χ3v) is 2.26. The van der Waals surface area contributed by atoms with E-state index in [1.807, 2.05) is 30.3 Å². The number of carbonyl (C=O) groups is 1. The van der Waals surface area contributed by atoms with Gasteiger partial charge in [0.2, 0.25) is 0 Å². The molecule has 4 heteroatoms. The van der Waals surface area contributed by atoms with Crippen LogP contribution >= 0.6 is 0 Å². The minimum Gasteiger partial charge on any atom is -0.438 e. The Balaban J connectivity index is 2.55. The summed E-state index contributed by atoms with van der Waals surface area (Å²) in [6, 6.07) is 9.23. The first-order valence-electron chi connectivity index (χ1n) is 5.22. The fraction of sp³-hybridized carbons (Fsp3) is 0.308. The van der Waals surface area contributed by atoms with Gasteiger partial charge in [-0.3, -0.25) is 0 Å². The third-order valence-electron chi connectivity index (χ3n) is 2.26. The molecule has 0 aromatic heterocycles. The minimum atomic E-state index is -1.08. The van der Waals surface area contributed by atoms with Crippen molar-refractivity contribution in [2.45, 2.75) is 12.5 Å². The van der Waals surface area contributed by atoms with Crippen LogP contribution in [-0.2, 0) is 15.1 Å². The maximum Gasteiger partial charge on any atom is 0.508 e. The van der Waals surface area contributed by atoms with Crippen LogP contribution in [0.4, 0.5) is 4.79 Å². The quantitative estimate of drug-likeness (QED) is 0.643. The molecule has 1 atom stereocenters. The van der Waals surface area contributed by atoms with E-state index in [0.29, 0.717) is 0 Å². The molecule has 0 saturated heterocycles. The van der Waals surface area contributed by atoms with Crippen LogP contribution in [0.2, 0.25) is 0 Å². The lowest BCUT2D eigenvalue weighted by atomic mass is 9.96. The number of hydrogen-bond acceptors (Lipinski definition) is 4. The van der Waals surface area contributed by atoms with E-state index in [4.69, 9.17) is 0 Å². The topological polar surface area (TPSA) is 55.8 Å². The number of rotatable bonds is 4. The second kappa shape index (κ2) is 6.06. The number of ether oxygens (including phenoxy) is 2. The van der Waals surface area contributed by atoms with Crippen molar-refractivity contribution in [2.75, 3.05) is 13.7 Å². The van der Waals surface area contributed by atoms with Gasteiger partial charge in [-0.05, 0) is 24.6 Å². The lowest BCUT2D eigenvalue weighted by molar-refractivity contribution is 0.0799. The van der Waals surface area contributed by atoms with Gasteiger partial charge in [0.05, 0.1) is 7.11 Å². The number of methoxy groups -OCH3 is 1. The molecule has 0 amide bonds. The SMILES string of the molecule is COC(=O)OC/C=C/C(C)(O)c1ccccc1. The standard InChI is InChI=1S/C13H16O4/c1-13(15,11-7-4-3-5-8-11)9-6-10-17-12(14)16-2/h3-9,15H,10H2,1-2H3/b9-6+. The Kier molecular flexibility index (Phi) is 4.72. The number of benzene rings is 1. The van der Waals surface area contributed by atoms with E-state index in [9.17, 15) is 9.90 Å². The maximum atomic E-state index is 10.7. The van der Waals surface area contributed by atoms with E-state index in [0.717, 1.165) is 5.56 Å². The van der Waals surface area contributed by atoms with Crippen LogP contribution in [0.25, 0.3) is 0 Å². The molecule has 0 aliphatic carbocycles. The normalized spacial score (nSPS) is 14.3. The van der Waals surface area contributed by atoms with E-state index in [1.165, 1.54) is 7.11 Å². The van der Waals surface area contributed by atoms with Gasteiger partial charge in [-0.2, -0.15) is 0 Å². The highest BCUT2D eigenvalue weighted by molar-refractivity contribution is 5.59. The van der Waals surface area contributed by atoms with Crippen molar-refractivity contribution >= 4 is 6.16 Å². The third kappa shape index (κ3) is 4.28. The van der Waals surface area contributed by atoms with Crippen molar-refractivity contribution in [3.8, 4) is 0 Å². The summed E-state index contributed by atoms with van der Waals surface area (Å²) < 4.78 is 8.97. The fourth-order valence-corrected chi connectivity index (χ4v) is 1.32. The zero-order chi connectivity index (χ0) is 12.7. The molecule has 92 valence electrons. The molecule has 0 spiro atoms. The van der Waals surface area contributed by atoms with E-state index < -0.39 is 11.8 Å². The predicted octanol–water partition coefficient (Wildman–Crippen LogP) is 2.23. The van der Waals surface area contributed by atoms with Gasteiger partial charge in [0, 0.05) is 0 Å². The lowest BCUT2D eigenvalue weighted by Gasteiger charge is -2.19. The Labute approximate surface area is 100 Å². The highest BCUT2D eigenvalue weighted by atomic mass is 16.7. The van der Waals surface area contributed by atoms with Crippen LogP contribution in [0, 0.1) is 0 Å².